The van der Waals surface area contributed by atoms with E-state index in [2.05, 4.69) is 13.8 Å². The first-order chi connectivity index (χ1) is 14.8. The van der Waals surface area contributed by atoms with Gasteiger partial charge in [0.15, 0.2) is 0 Å². The molecule has 0 aliphatic carbocycles. The number of carbonyl (C=O) groups is 4. The molecular weight excluding hydrogens is 400 g/mol. The third kappa shape index (κ3) is 9.12. The van der Waals surface area contributed by atoms with Crippen molar-refractivity contribution in [1.29, 1.82) is 0 Å². The number of esters is 2. The van der Waals surface area contributed by atoms with Crippen LogP contribution in [-0.2, 0) is 9.59 Å². The van der Waals surface area contributed by atoms with Crippen LogP contribution in [0.2, 0.25) is 0 Å². The first kappa shape index (κ1) is 25.4. The summed E-state index contributed by atoms with van der Waals surface area (Å²) in [4.78, 5) is 46.2. The fourth-order valence-electron chi connectivity index (χ4n) is 2.45. The summed E-state index contributed by atoms with van der Waals surface area (Å²) in [7, 11) is 0. The van der Waals surface area contributed by atoms with Crippen LogP contribution in [0.4, 0.5) is 0 Å². The van der Waals surface area contributed by atoms with Crippen LogP contribution in [-0.4, -0.2) is 23.8 Å². The Morgan fingerprint density at radius 3 is 1.35 bits per heavy atom. The highest BCUT2D eigenvalue weighted by atomic mass is 16.6. The van der Waals surface area contributed by atoms with Crippen LogP contribution >= 0.6 is 0 Å². The second kappa shape index (κ2) is 13.5. The van der Waals surface area contributed by atoms with Crippen LogP contribution in [0.1, 0.15) is 66.7 Å². The highest BCUT2D eigenvalue weighted by Crippen LogP contribution is 2.19. The van der Waals surface area contributed by atoms with Gasteiger partial charge in [-0.15, -0.1) is 0 Å². The fraction of sp³-hybridized carbons (Fsp3) is 0.304. The molecule has 0 saturated carbocycles. The number of amides is 2. The van der Waals surface area contributed by atoms with Crippen molar-refractivity contribution in [3.05, 3.63) is 59.7 Å². The molecule has 0 spiro atoms. The van der Waals surface area contributed by atoms with Crippen LogP contribution in [0.15, 0.2) is 48.5 Å². The molecule has 8 nitrogen and oxygen atoms in total. The third-order valence-electron chi connectivity index (χ3n) is 4.00. The van der Waals surface area contributed by atoms with Gasteiger partial charge in [-0.3, -0.25) is 19.2 Å². The second-order valence-electron chi connectivity index (χ2n) is 6.55. The average Bonchev–Trinajstić information content (AvgIpc) is 2.73. The number of hydrogen-bond acceptors (Lipinski definition) is 6. The molecule has 0 fully saturated rings. The lowest BCUT2D eigenvalue weighted by Crippen LogP contribution is -2.21. The number of ether oxygens (including phenoxy) is 2. The molecule has 8 heteroatoms. The Bertz CT molecular complexity index is 837. The van der Waals surface area contributed by atoms with E-state index in [1.807, 2.05) is 0 Å². The number of benzene rings is 2. The van der Waals surface area contributed by atoms with Crippen LogP contribution < -0.4 is 20.9 Å². The van der Waals surface area contributed by atoms with Crippen molar-refractivity contribution in [2.75, 3.05) is 0 Å². The van der Waals surface area contributed by atoms with Crippen molar-refractivity contribution >= 4 is 23.8 Å². The Morgan fingerprint density at radius 2 is 1.03 bits per heavy atom. The monoisotopic (exact) mass is 428 g/mol. The van der Waals surface area contributed by atoms with Crippen molar-refractivity contribution in [1.82, 2.24) is 0 Å². The predicted octanol–water partition coefficient (Wildman–Crippen LogP) is 3.37. The smallest absolute Gasteiger partial charge is 0.322 e. The van der Waals surface area contributed by atoms with Gasteiger partial charge in [0.2, 0.25) is 0 Å². The molecule has 31 heavy (non-hydrogen) atoms. The van der Waals surface area contributed by atoms with E-state index in [-0.39, 0.29) is 22.6 Å². The number of unbranched alkanes of at least 4 members (excludes halogenated alkanes) is 3. The Kier molecular flexibility index (Phi) is 11.1. The Balaban J connectivity index is 0.000000703. The van der Waals surface area contributed by atoms with Gasteiger partial charge in [-0.05, 0) is 24.3 Å². The molecule has 2 amide bonds. The van der Waals surface area contributed by atoms with E-state index in [0.29, 0.717) is 0 Å². The topological polar surface area (TPSA) is 139 Å². The maximum Gasteiger partial charge on any atom is 0.322 e. The zero-order valence-corrected chi connectivity index (χ0v) is 17.8. The second-order valence-corrected chi connectivity index (χ2v) is 6.55. The Labute approximate surface area is 181 Å². The van der Waals surface area contributed by atoms with Crippen LogP contribution in [0.3, 0.4) is 0 Å². The van der Waals surface area contributed by atoms with Gasteiger partial charge in [0.05, 0.1) is 11.1 Å². The van der Waals surface area contributed by atoms with E-state index in [1.54, 1.807) is 12.1 Å². The van der Waals surface area contributed by atoms with Gasteiger partial charge in [-0.1, -0.05) is 63.8 Å². The summed E-state index contributed by atoms with van der Waals surface area (Å²) in [5, 5.41) is 0. The largest absolute Gasteiger partial charge is 0.425 e. The molecule has 0 aliphatic rings. The van der Waals surface area contributed by atoms with Crippen LogP contribution in [0, 0.1) is 0 Å². The molecule has 166 valence electrons. The minimum Gasteiger partial charge on any atom is -0.425 e. The zero-order valence-electron chi connectivity index (χ0n) is 17.8. The van der Waals surface area contributed by atoms with Crippen molar-refractivity contribution in [2.45, 2.75) is 46.0 Å². The molecule has 0 radical (unpaired) electrons. The molecular formula is C23H28N2O6. The number of rotatable bonds is 9. The van der Waals surface area contributed by atoms with Gasteiger partial charge in [-0.25, -0.2) is 0 Å². The first-order valence-electron chi connectivity index (χ1n) is 9.99. The lowest BCUT2D eigenvalue weighted by atomic mass is 10.2. The Morgan fingerprint density at radius 1 is 0.677 bits per heavy atom. The zero-order chi connectivity index (χ0) is 23.2. The number of primary amides is 2. The first-order valence-corrected chi connectivity index (χ1v) is 9.99. The summed E-state index contributed by atoms with van der Waals surface area (Å²) >= 11 is 0. The number of carbonyl (C=O) groups excluding carboxylic acids is 4. The van der Waals surface area contributed by atoms with E-state index < -0.39 is 30.2 Å². The van der Waals surface area contributed by atoms with Gasteiger partial charge in [0.1, 0.15) is 17.9 Å². The van der Waals surface area contributed by atoms with Crippen molar-refractivity contribution in [3.63, 3.8) is 0 Å². The minimum atomic E-state index is -0.949. The Hall–Kier alpha value is -3.68. The van der Waals surface area contributed by atoms with Gasteiger partial charge >= 0.3 is 11.9 Å². The van der Waals surface area contributed by atoms with E-state index in [9.17, 15) is 19.2 Å². The summed E-state index contributed by atoms with van der Waals surface area (Å²) in [6.45, 7) is 4.46. The maximum absolute atomic E-state index is 11.8. The molecule has 4 N–H and O–H groups in total. The minimum absolute atomic E-state index is 0.00305. The van der Waals surface area contributed by atoms with Crippen LogP contribution in [0.5, 0.6) is 11.5 Å². The lowest BCUT2D eigenvalue weighted by Gasteiger charge is -2.09. The van der Waals surface area contributed by atoms with Gasteiger partial charge < -0.3 is 20.9 Å². The molecule has 0 aliphatic heterocycles. The predicted molar refractivity (Wildman–Crippen MR) is 116 cm³/mol. The number of nitrogens with two attached hydrogens (primary N) is 2. The highest BCUT2D eigenvalue weighted by molar-refractivity contribution is 5.99. The van der Waals surface area contributed by atoms with Crippen molar-refractivity contribution < 1.29 is 28.7 Å². The molecule has 2 rings (SSSR count). The highest BCUT2D eigenvalue weighted by Gasteiger charge is 2.19. The van der Waals surface area contributed by atoms with Gasteiger partial charge in [-0.2, -0.15) is 0 Å². The third-order valence-corrected chi connectivity index (χ3v) is 4.00. The molecule has 0 aromatic heterocycles. The molecule has 0 heterocycles. The summed E-state index contributed by atoms with van der Waals surface area (Å²) in [6.07, 6.45) is 4.80. The molecule has 2 aromatic carbocycles. The fourth-order valence-corrected chi connectivity index (χ4v) is 2.45. The van der Waals surface area contributed by atoms with Crippen molar-refractivity contribution in [2.24, 2.45) is 11.5 Å². The van der Waals surface area contributed by atoms with Crippen LogP contribution in [0.25, 0.3) is 0 Å². The molecule has 0 atom stereocenters. The van der Waals surface area contributed by atoms with Gasteiger partial charge in [0, 0.05) is 0 Å². The molecule has 2 aromatic rings. The van der Waals surface area contributed by atoms with E-state index in [1.165, 1.54) is 62.1 Å². The quantitative estimate of drug-likeness (QED) is 0.272. The standard InChI is InChI=1S/C17H14N2O6.C6H14/c18-16(22)10-5-1-3-7-12(10)24-14(20)9-15(21)25-13-8-4-2-6-11(13)17(19)23;1-3-5-6-4-2/h1-8H,9H2,(H2,18,22)(H2,19,23);3-6H2,1-2H3. The van der Waals surface area contributed by atoms with E-state index in [0.717, 1.165) is 0 Å². The summed E-state index contributed by atoms with van der Waals surface area (Å²) in [5.74, 6) is -3.58. The van der Waals surface area contributed by atoms with E-state index in [4.69, 9.17) is 20.9 Å². The summed E-state index contributed by atoms with van der Waals surface area (Å²) in [5.41, 5.74) is 10.4. The molecule has 0 saturated heterocycles. The maximum atomic E-state index is 11.8. The average molecular weight is 428 g/mol. The normalized spacial score (nSPS) is 9.74. The number of para-hydroxylation sites is 2. The molecule has 0 unspecified atom stereocenters. The van der Waals surface area contributed by atoms with Gasteiger partial charge in [0.25, 0.3) is 11.8 Å². The SMILES string of the molecule is CCCCCC.NC(=O)c1ccccc1OC(=O)CC(=O)Oc1ccccc1C(N)=O. The summed E-state index contributed by atoms with van der Waals surface area (Å²) < 4.78 is 9.92. The molecule has 0 bridgehead atoms. The van der Waals surface area contributed by atoms with E-state index >= 15 is 0 Å². The number of hydrogen-bond donors (Lipinski definition) is 2. The lowest BCUT2D eigenvalue weighted by molar-refractivity contribution is -0.144. The summed E-state index contributed by atoms with van der Waals surface area (Å²) in [6, 6.07) is 11.7. The van der Waals surface area contributed by atoms with Crippen molar-refractivity contribution in [3.8, 4) is 11.5 Å².